The standard InChI is InChI=1S/C13H16N2O3S/c14-8-11-3-1-4-12(7-11)10-19(17,18)15-6-2-5-13(15)9-16/h1,3-4,7,13,16H,2,5-6,9-10H2/t13-/m0/s1. The first-order chi connectivity index (χ1) is 9.06. The molecule has 0 aliphatic carbocycles. The minimum atomic E-state index is -3.44. The summed E-state index contributed by atoms with van der Waals surface area (Å²) in [5, 5.41) is 18.0. The minimum absolute atomic E-state index is 0.126. The zero-order chi connectivity index (χ0) is 13.9. The molecule has 0 bridgehead atoms. The Labute approximate surface area is 113 Å². The van der Waals surface area contributed by atoms with E-state index in [1.807, 2.05) is 6.07 Å². The Kier molecular flexibility index (Phi) is 4.20. The predicted octanol–water partition coefficient (Wildman–Crippen LogP) is 0.845. The number of sulfonamides is 1. The van der Waals surface area contributed by atoms with E-state index in [0.717, 1.165) is 6.42 Å². The molecule has 2 rings (SSSR count). The van der Waals surface area contributed by atoms with Gasteiger partial charge < -0.3 is 5.11 Å². The van der Waals surface area contributed by atoms with Crippen molar-refractivity contribution in [3.63, 3.8) is 0 Å². The Bertz CT molecular complexity index is 592. The van der Waals surface area contributed by atoms with Crippen molar-refractivity contribution in [2.24, 2.45) is 0 Å². The highest BCUT2D eigenvalue weighted by Crippen LogP contribution is 2.23. The van der Waals surface area contributed by atoms with Crippen LogP contribution in [0.25, 0.3) is 0 Å². The van der Waals surface area contributed by atoms with Crippen LogP contribution in [0.2, 0.25) is 0 Å². The van der Waals surface area contributed by atoms with Crippen LogP contribution in [-0.4, -0.2) is 37.0 Å². The fraction of sp³-hybridized carbons (Fsp3) is 0.462. The van der Waals surface area contributed by atoms with Gasteiger partial charge in [-0.15, -0.1) is 0 Å². The zero-order valence-corrected chi connectivity index (χ0v) is 11.3. The lowest BCUT2D eigenvalue weighted by atomic mass is 10.2. The maximum atomic E-state index is 12.3. The van der Waals surface area contributed by atoms with Crippen LogP contribution in [0, 0.1) is 11.3 Å². The number of hydrogen-bond donors (Lipinski definition) is 1. The molecule has 0 spiro atoms. The van der Waals surface area contributed by atoms with E-state index < -0.39 is 10.0 Å². The molecule has 1 aliphatic heterocycles. The molecule has 1 N–H and O–H groups in total. The van der Waals surface area contributed by atoms with Gasteiger partial charge in [0.05, 0.1) is 24.0 Å². The van der Waals surface area contributed by atoms with Gasteiger partial charge in [-0.05, 0) is 30.5 Å². The Morgan fingerprint density at radius 1 is 1.47 bits per heavy atom. The van der Waals surface area contributed by atoms with Crippen LogP contribution in [0.1, 0.15) is 24.0 Å². The maximum absolute atomic E-state index is 12.3. The van der Waals surface area contributed by atoms with Gasteiger partial charge in [-0.2, -0.15) is 9.57 Å². The van der Waals surface area contributed by atoms with Crippen LogP contribution >= 0.6 is 0 Å². The van der Waals surface area contributed by atoms with Gasteiger partial charge in [-0.25, -0.2) is 8.42 Å². The summed E-state index contributed by atoms with van der Waals surface area (Å²) in [6, 6.07) is 8.29. The van der Waals surface area contributed by atoms with E-state index in [2.05, 4.69) is 0 Å². The van der Waals surface area contributed by atoms with E-state index in [-0.39, 0.29) is 18.4 Å². The average Bonchev–Trinajstić information content (AvgIpc) is 2.87. The second kappa shape index (κ2) is 5.70. The molecular weight excluding hydrogens is 264 g/mol. The number of nitrogens with zero attached hydrogens (tertiary/aromatic N) is 2. The van der Waals surface area contributed by atoms with Gasteiger partial charge in [-0.3, -0.25) is 0 Å². The Balaban J connectivity index is 2.19. The number of aliphatic hydroxyl groups is 1. The molecule has 1 fully saturated rings. The Morgan fingerprint density at radius 3 is 2.95 bits per heavy atom. The van der Waals surface area contributed by atoms with Crippen molar-refractivity contribution >= 4 is 10.0 Å². The molecule has 0 aromatic heterocycles. The van der Waals surface area contributed by atoms with Crippen LogP contribution in [0.15, 0.2) is 24.3 Å². The third-order valence-corrected chi connectivity index (χ3v) is 5.19. The molecule has 1 saturated heterocycles. The fourth-order valence-corrected chi connectivity index (χ4v) is 4.18. The number of hydrogen-bond acceptors (Lipinski definition) is 4. The molecule has 1 aromatic carbocycles. The molecule has 6 heteroatoms. The number of benzene rings is 1. The van der Waals surface area contributed by atoms with Crippen molar-refractivity contribution in [2.45, 2.75) is 24.6 Å². The molecular formula is C13H16N2O3S. The third-order valence-electron chi connectivity index (χ3n) is 3.30. The SMILES string of the molecule is N#Cc1cccc(CS(=O)(=O)N2CCC[C@H]2CO)c1. The molecule has 0 radical (unpaired) electrons. The molecule has 1 atom stereocenters. The smallest absolute Gasteiger partial charge is 0.218 e. The first-order valence-electron chi connectivity index (χ1n) is 6.16. The predicted molar refractivity (Wildman–Crippen MR) is 70.6 cm³/mol. The second-order valence-corrected chi connectivity index (χ2v) is 6.58. The first kappa shape index (κ1) is 14.0. The summed E-state index contributed by atoms with van der Waals surface area (Å²) in [4.78, 5) is 0. The van der Waals surface area contributed by atoms with Crippen molar-refractivity contribution in [3.05, 3.63) is 35.4 Å². The molecule has 1 heterocycles. The van der Waals surface area contributed by atoms with Crippen LogP contribution in [0.3, 0.4) is 0 Å². The first-order valence-corrected chi connectivity index (χ1v) is 7.77. The van der Waals surface area contributed by atoms with Gasteiger partial charge in [0.15, 0.2) is 0 Å². The fourth-order valence-electron chi connectivity index (χ4n) is 2.38. The summed E-state index contributed by atoms with van der Waals surface area (Å²) in [7, 11) is -3.44. The molecule has 1 aromatic rings. The van der Waals surface area contributed by atoms with Crippen molar-refractivity contribution in [3.8, 4) is 6.07 Å². The number of aliphatic hydroxyl groups excluding tert-OH is 1. The van der Waals surface area contributed by atoms with Gasteiger partial charge in [0, 0.05) is 12.6 Å². The molecule has 5 nitrogen and oxygen atoms in total. The van der Waals surface area contributed by atoms with Gasteiger partial charge in [0.25, 0.3) is 0 Å². The third kappa shape index (κ3) is 3.13. The van der Waals surface area contributed by atoms with Crippen LogP contribution in [0.5, 0.6) is 0 Å². The van der Waals surface area contributed by atoms with Gasteiger partial charge in [-0.1, -0.05) is 12.1 Å². The van der Waals surface area contributed by atoms with Gasteiger partial charge in [0.1, 0.15) is 0 Å². The molecule has 1 aliphatic rings. The van der Waals surface area contributed by atoms with E-state index in [1.165, 1.54) is 4.31 Å². The normalized spacial score (nSPS) is 20.3. The lowest BCUT2D eigenvalue weighted by Crippen LogP contribution is -2.38. The summed E-state index contributed by atoms with van der Waals surface area (Å²) < 4.78 is 26.0. The highest BCUT2D eigenvalue weighted by atomic mass is 32.2. The van der Waals surface area contributed by atoms with Crippen molar-refractivity contribution in [1.29, 1.82) is 5.26 Å². The van der Waals surface area contributed by atoms with E-state index >= 15 is 0 Å². The summed E-state index contributed by atoms with van der Waals surface area (Å²) in [6.07, 6.45) is 1.48. The highest BCUT2D eigenvalue weighted by Gasteiger charge is 2.33. The Hall–Kier alpha value is -1.42. The monoisotopic (exact) mass is 280 g/mol. The van der Waals surface area contributed by atoms with Crippen molar-refractivity contribution < 1.29 is 13.5 Å². The lowest BCUT2D eigenvalue weighted by Gasteiger charge is -2.22. The summed E-state index contributed by atoms with van der Waals surface area (Å²) >= 11 is 0. The largest absolute Gasteiger partial charge is 0.395 e. The average molecular weight is 280 g/mol. The quantitative estimate of drug-likeness (QED) is 0.886. The van der Waals surface area contributed by atoms with Crippen molar-refractivity contribution in [1.82, 2.24) is 4.31 Å². The molecule has 0 amide bonds. The molecule has 19 heavy (non-hydrogen) atoms. The maximum Gasteiger partial charge on any atom is 0.218 e. The summed E-state index contributed by atoms with van der Waals surface area (Å²) in [6.45, 7) is 0.322. The second-order valence-electron chi connectivity index (χ2n) is 4.66. The molecule has 0 saturated carbocycles. The Morgan fingerprint density at radius 2 is 2.26 bits per heavy atom. The van der Waals surface area contributed by atoms with E-state index in [1.54, 1.807) is 24.3 Å². The lowest BCUT2D eigenvalue weighted by molar-refractivity contribution is 0.213. The summed E-state index contributed by atoms with van der Waals surface area (Å²) in [5.74, 6) is -0.126. The number of rotatable bonds is 4. The van der Waals surface area contributed by atoms with Gasteiger partial charge >= 0.3 is 0 Å². The minimum Gasteiger partial charge on any atom is -0.395 e. The van der Waals surface area contributed by atoms with Crippen LogP contribution in [-0.2, 0) is 15.8 Å². The summed E-state index contributed by atoms with van der Waals surface area (Å²) in [5.41, 5.74) is 1.05. The highest BCUT2D eigenvalue weighted by molar-refractivity contribution is 7.88. The topological polar surface area (TPSA) is 81.4 Å². The molecule has 0 unspecified atom stereocenters. The van der Waals surface area contributed by atoms with E-state index in [0.29, 0.717) is 24.1 Å². The van der Waals surface area contributed by atoms with E-state index in [4.69, 9.17) is 5.26 Å². The van der Waals surface area contributed by atoms with E-state index in [9.17, 15) is 13.5 Å². The van der Waals surface area contributed by atoms with Crippen molar-refractivity contribution in [2.75, 3.05) is 13.2 Å². The number of nitriles is 1. The van der Waals surface area contributed by atoms with Crippen LogP contribution < -0.4 is 0 Å². The van der Waals surface area contributed by atoms with Gasteiger partial charge in [0.2, 0.25) is 10.0 Å². The van der Waals surface area contributed by atoms with Crippen LogP contribution in [0.4, 0.5) is 0 Å². The molecule has 102 valence electrons. The zero-order valence-electron chi connectivity index (χ0n) is 10.5.